The number of halogens is 1. The molecule has 0 bridgehead atoms. The maximum absolute atomic E-state index is 9.71. The van der Waals surface area contributed by atoms with Crippen molar-refractivity contribution in [2.45, 2.75) is 45.4 Å². The van der Waals surface area contributed by atoms with Gasteiger partial charge in [0.15, 0.2) is 11.5 Å². The van der Waals surface area contributed by atoms with E-state index in [1.54, 1.807) is 6.92 Å². The van der Waals surface area contributed by atoms with E-state index >= 15 is 0 Å². The molecule has 1 aliphatic heterocycles. The molecule has 20 heavy (non-hydrogen) atoms. The number of nitrogens with one attached hydrogen (secondary N) is 1. The Hall–Kier alpha value is -0.970. The highest BCUT2D eigenvalue weighted by Gasteiger charge is 2.23. The van der Waals surface area contributed by atoms with Gasteiger partial charge in [-0.15, -0.1) is 0 Å². The molecule has 0 radical (unpaired) electrons. The number of rotatable bonds is 4. The molecule has 1 heterocycles. The van der Waals surface area contributed by atoms with Crippen molar-refractivity contribution in [2.75, 3.05) is 13.2 Å². The molecule has 1 aromatic carbocycles. The lowest BCUT2D eigenvalue weighted by atomic mass is 9.98. The third kappa shape index (κ3) is 3.57. The minimum absolute atomic E-state index is 0.364. The van der Waals surface area contributed by atoms with Gasteiger partial charge in [-0.3, -0.25) is 0 Å². The van der Waals surface area contributed by atoms with Gasteiger partial charge in [0.25, 0.3) is 0 Å². The van der Waals surface area contributed by atoms with Crippen molar-refractivity contribution in [3.8, 4) is 11.5 Å². The van der Waals surface area contributed by atoms with E-state index in [4.69, 9.17) is 21.1 Å². The largest absolute Gasteiger partial charge is 0.489 e. The zero-order valence-corrected chi connectivity index (χ0v) is 13.0. The fraction of sp³-hybridized carbons (Fsp3) is 0.600. The van der Waals surface area contributed by atoms with Gasteiger partial charge in [0.2, 0.25) is 0 Å². The van der Waals surface area contributed by atoms with Gasteiger partial charge < -0.3 is 19.9 Å². The summed E-state index contributed by atoms with van der Waals surface area (Å²) in [4.78, 5) is 0. The van der Waals surface area contributed by atoms with Crippen molar-refractivity contribution < 1.29 is 14.6 Å². The van der Waals surface area contributed by atoms with E-state index in [1.165, 1.54) is 0 Å². The SMILES string of the molecule is CC(O)C(C)(C)NCc1cc(Cl)c2c(c1)OCCCO2. The molecule has 0 saturated heterocycles. The molecule has 0 aromatic heterocycles. The Balaban J connectivity index is 2.14. The fourth-order valence-corrected chi connectivity index (χ4v) is 2.15. The van der Waals surface area contributed by atoms with E-state index in [-0.39, 0.29) is 5.54 Å². The molecule has 1 unspecified atom stereocenters. The summed E-state index contributed by atoms with van der Waals surface area (Å²) in [5.41, 5.74) is 0.643. The van der Waals surface area contributed by atoms with Crippen molar-refractivity contribution in [1.29, 1.82) is 0 Å². The lowest BCUT2D eigenvalue weighted by Gasteiger charge is -2.29. The van der Waals surface area contributed by atoms with Crippen LogP contribution < -0.4 is 14.8 Å². The summed E-state index contributed by atoms with van der Waals surface area (Å²) in [5, 5.41) is 13.6. The predicted molar refractivity (Wildman–Crippen MR) is 79.7 cm³/mol. The first kappa shape index (κ1) is 15.4. The van der Waals surface area contributed by atoms with Crippen molar-refractivity contribution in [3.05, 3.63) is 22.7 Å². The van der Waals surface area contributed by atoms with Crippen molar-refractivity contribution in [3.63, 3.8) is 0 Å². The Bertz CT molecular complexity index is 474. The van der Waals surface area contributed by atoms with Gasteiger partial charge >= 0.3 is 0 Å². The number of hydrogen-bond acceptors (Lipinski definition) is 4. The van der Waals surface area contributed by atoms with Crippen LogP contribution in [0, 0.1) is 0 Å². The summed E-state index contributed by atoms with van der Waals surface area (Å²) in [6, 6.07) is 3.82. The summed E-state index contributed by atoms with van der Waals surface area (Å²) >= 11 is 6.25. The quantitative estimate of drug-likeness (QED) is 0.897. The predicted octanol–water partition coefficient (Wildman–Crippen LogP) is 2.75. The normalized spacial score (nSPS) is 16.6. The summed E-state index contributed by atoms with van der Waals surface area (Å²) in [7, 11) is 0. The molecular weight excluding hydrogens is 278 g/mol. The van der Waals surface area contributed by atoms with Crippen LogP contribution in [0.4, 0.5) is 0 Å². The topological polar surface area (TPSA) is 50.7 Å². The van der Waals surface area contributed by atoms with E-state index in [0.717, 1.165) is 12.0 Å². The Morgan fingerprint density at radius 1 is 1.35 bits per heavy atom. The first-order valence-electron chi connectivity index (χ1n) is 6.91. The summed E-state index contributed by atoms with van der Waals surface area (Å²) in [6.07, 6.45) is 0.409. The lowest BCUT2D eigenvalue weighted by Crippen LogP contribution is -2.47. The molecule has 0 amide bonds. The maximum Gasteiger partial charge on any atom is 0.179 e. The van der Waals surface area contributed by atoms with Crippen molar-refractivity contribution >= 4 is 11.6 Å². The fourth-order valence-electron chi connectivity index (χ4n) is 1.86. The van der Waals surface area contributed by atoms with E-state index in [9.17, 15) is 5.11 Å². The molecule has 1 aromatic rings. The lowest BCUT2D eigenvalue weighted by molar-refractivity contribution is 0.0956. The number of ether oxygens (including phenoxy) is 2. The summed E-state index contributed by atoms with van der Waals surface area (Å²) in [6.45, 7) is 7.56. The monoisotopic (exact) mass is 299 g/mol. The highest BCUT2D eigenvalue weighted by atomic mass is 35.5. The average Bonchev–Trinajstić information content (AvgIpc) is 2.62. The highest BCUT2D eigenvalue weighted by Crippen LogP contribution is 2.38. The minimum Gasteiger partial charge on any atom is -0.489 e. The summed E-state index contributed by atoms with van der Waals surface area (Å²) in [5.74, 6) is 1.32. The van der Waals surface area contributed by atoms with E-state index in [0.29, 0.717) is 36.3 Å². The van der Waals surface area contributed by atoms with Crippen LogP contribution in [0.15, 0.2) is 12.1 Å². The van der Waals surface area contributed by atoms with Gasteiger partial charge in [-0.25, -0.2) is 0 Å². The Kier molecular flexibility index (Phi) is 4.78. The van der Waals surface area contributed by atoms with Gasteiger partial charge in [0, 0.05) is 18.5 Å². The molecule has 1 atom stereocenters. The van der Waals surface area contributed by atoms with Gasteiger partial charge in [0.1, 0.15) is 0 Å². The molecule has 1 aliphatic rings. The molecule has 0 saturated carbocycles. The highest BCUT2D eigenvalue weighted by molar-refractivity contribution is 6.32. The van der Waals surface area contributed by atoms with Crippen LogP contribution in [0.3, 0.4) is 0 Å². The molecule has 0 spiro atoms. The summed E-state index contributed by atoms with van der Waals surface area (Å²) < 4.78 is 11.3. The second kappa shape index (κ2) is 6.20. The van der Waals surface area contributed by atoms with Crippen LogP contribution >= 0.6 is 11.6 Å². The third-order valence-corrected chi connectivity index (χ3v) is 3.94. The first-order valence-corrected chi connectivity index (χ1v) is 7.29. The smallest absolute Gasteiger partial charge is 0.179 e. The van der Waals surface area contributed by atoms with Crippen LogP contribution in [0.25, 0.3) is 0 Å². The molecule has 0 aliphatic carbocycles. The van der Waals surface area contributed by atoms with E-state index < -0.39 is 6.10 Å². The number of aliphatic hydroxyl groups excluding tert-OH is 1. The zero-order chi connectivity index (χ0) is 14.8. The Morgan fingerprint density at radius 2 is 2.05 bits per heavy atom. The first-order chi connectivity index (χ1) is 9.40. The van der Waals surface area contributed by atoms with E-state index in [2.05, 4.69) is 5.32 Å². The van der Waals surface area contributed by atoms with Gasteiger partial charge in [-0.1, -0.05) is 11.6 Å². The van der Waals surface area contributed by atoms with Crippen LogP contribution in [-0.2, 0) is 6.54 Å². The molecule has 5 heteroatoms. The Labute approximate surface area is 125 Å². The molecule has 4 nitrogen and oxygen atoms in total. The number of aliphatic hydroxyl groups is 1. The second-order valence-corrected chi connectivity index (χ2v) is 6.11. The maximum atomic E-state index is 9.71. The average molecular weight is 300 g/mol. The van der Waals surface area contributed by atoms with E-state index in [1.807, 2.05) is 26.0 Å². The van der Waals surface area contributed by atoms with Crippen molar-refractivity contribution in [2.24, 2.45) is 0 Å². The van der Waals surface area contributed by atoms with Crippen LogP contribution in [-0.4, -0.2) is 30.0 Å². The Morgan fingerprint density at radius 3 is 2.75 bits per heavy atom. The molecule has 0 fully saturated rings. The molecule has 112 valence electrons. The number of hydrogen-bond donors (Lipinski definition) is 2. The van der Waals surface area contributed by atoms with Gasteiger partial charge in [0.05, 0.1) is 24.3 Å². The zero-order valence-electron chi connectivity index (χ0n) is 12.2. The molecule has 2 N–H and O–H groups in total. The van der Waals surface area contributed by atoms with Crippen molar-refractivity contribution in [1.82, 2.24) is 5.32 Å². The number of fused-ring (bicyclic) bond motifs is 1. The van der Waals surface area contributed by atoms with Gasteiger partial charge in [-0.2, -0.15) is 0 Å². The minimum atomic E-state index is -0.446. The van der Waals surface area contributed by atoms with Crippen LogP contribution in [0.1, 0.15) is 32.8 Å². The standard InChI is InChI=1S/C15H22ClNO3/c1-10(18)15(2,3)17-9-11-7-12(16)14-13(8-11)19-5-4-6-20-14/h7-8,10,17-18H,4-6,9H2,1-3H3. The van der Waals surface area contributed by atoms with Crippen LogP contribution in [0.5, 0.6) is 11.5 Å². The third-order valence-electron chi connectivity index (χ3n) is 3.65. The number of benzene rings is 1. The molecule has 2 rings (SSSR count). The second-order valence-electron chi connectivity index (χ2n) is 5.71. The molecular formula is C15H22ClNO3. The van der Waals surface area contributed by atoms with Crippen LogP contribution in [0.2, 0.25) is 5.02 Å². The van der Waals surface area contributed by atoms with Gasteiger partial charge in [-0.05, 0) is 38.5 Å².